The van der Waals surface area contributed by atoms with E-state index in [4.69, 9.17) is 17.3 Å². The van der Waals surface area contributed by atoms with Gasteiger partial charge in [-0.05, 0) is 48.4 Å². The lowest BCUT2D eigenvalue weighted by atomic mass is 9.79. The molecule has 0 heterocycles. The highest BCUT2D eigenvalue weighted by atomic mass is 35.5. The SMILES string of the molecule is NC(Cc1c(F)cccc1Cl)c1cccc(C2CCC2)c1. The molecule has 0 spiro atoms. The molecule has 2 aromatic rings. The molecule has 3 heteroatoms. The molecule has 21 heavy (non-hydrogen) atoms. The van der Waals surface area contributed by atoms with E-state index in [1.54, 1.807) is 12.1 Å². The molecule has 0 bridgehead atoms. The summed E-state index contributed by atoms with van der Waals surface area (Å²) in [6, 6.07) is 12.9. The van der Waals surface area contributed by atoms with Crippen molar-refractivity contribution in [1.29, 1.82) is 0 Å². The van der Waals surface area contributed by atoms with Crippen LogP contribution in [-0.2, 0) is 6.42 Å². The molecule has 110 valence electrons. The summed E-state index contributed by atoms with van der Waals surface area (Å²) in [5.41, 5.74) is 9.18. The van der Waals surface area contributed by atoms with Crippen LogP contribution in [0.25, 0.3) is 0 Å². The van der Waals surface area contributed by atoms with Crippen molar-refractivity contribution in [2.75, 3.05) is 0 Å². The zero-order chi connectivity index (χ0) is 14.8. The molecule has 1 unspecified atom stereocenters. The van der Waals surface area contributed by atoms with Crippen LogP contribution in [0.3, 0.4) is 0 Å². The summed E-state index contributed by atoms with van der Waals surface area (Å²) in [5, 5.41) is 0.445. The first-order chi connectivity index (χ1) is 10.1. The predicted molar refractivity (Wildman–Crippen MR) is 85.1 cm³/mol. The Morgan fingerprint density at radius 3 is 2.62 bits per heavy atom. The van der Waals surface area contributed by atoms with E-state index in [0.717, 1.165) is 5.56 Å². The van der Waals surface area contributed by atoms with E-state index < -0.39 is 0 Å². The van der Waals surface area contributed by atoms with Gasteiger partial charge in [0.25, 0.3) is 0 Å². The van der Waals surface area contributed by atoms with E-state index in [9.17, 15) is 4.39 Å². The fraction of sp³-hybridized carbons (Fsp3) is 0.333. The van der Waals surface area contributed by atoms with Gasteiger partial charge >= 0.3 is 0 Å². The third-order valence-electron chi connectivity index (χ3n) is 4.40. The highest BCUT2D eigenvalue weighted by Crippen LogP contribution is 2.37. The quantitative estimate of drug-likeness (QED) is 0.846. The second kappa shape index (κ2) is 6.17. The molecule has 0 aliphatic heterocycles. The topological polar surface area (TPSA) is 26.0 Å². The zero-order valence-electron chi connectivity index (χ0n) is 11.9. The van der Waals surface area contributed by atoms with Crippen LogP contribution in [0.5, 0.6) is 0 Å². The fourth-order valence-electron chi connectivity index (χ4n) is 2.85. The van der Waals surface area contributed by atoms with Crippen LogP contribution >= 0.6 is 11.6 Å². The lowest BCUT2D eigenvalue weighted by Gasteiger charge is -2.26. The van der Waals surface area contributed by atoms with E-state index >= 15 is 0 Å². The van der Waals surface area contributed by atoms with Crippen molar-refractivity contribution >= 4 is 11.6 Å². The van der Waals surface area contributed by atoms with Crippen LogP contribution in [0.15, 0.2) is 42.5 Å². The van der Waals surface area contributed by atoms with E-state index in [2.05, 4.69) is 12.1 Å². The van der Waals surface area contributed by atoms with Crippen LogP contribution in [0.4, 0.5) is 4.39 Å². The first kappa shape index (κ1) is 14.6. The minimum Gasteiger partial charge on any atom is -0.324 e. The lowest BCUT2D eigenvalue weighted by Crippen LogP contribution is -2.16. The fourth-order valence-corrected chi connectivity index (χ4v) is 3.09. The molecular weight excluding hydrogens is 285 g/mol. The van der Waals surface area contributed by atoms with Gasteiger partial charge in [-0.1, -0.05) is 48.4 Å². The summed E-state index contributed by atoms with van der Waals surface area (Å²) in [7, 11) is 0. The van der Waals surface area contributed by atoms with Crippen LogP contribution < -0.4 is 5.73 Å². The number of hydrogen-bond donors (Lipinski definition) is 1. The molecule has 0 saturated heterocycles. The van der Waals surface area contributed by atoms with Crippen molar-refractivity contribution in [2.45, 2.75) is 37.6 Å². The van der Waals surface area contributed by atoms with Gasteiger partial charge in [0.2, 0.25) is 0 Å². The summed E-state index contributed by atoms with van der Waals surface area (Å²) in [6.45, 7) is 0. The summed E-state index contributed by atoms with van der Waals surface area (Å²) < 4.78 is 13.9. The van der Waals surface area contributed by atoms with Gasteiger partial charge in [-0.15, -0.1) is 0 Å². The van der Waals surface area contributed by atoms with E-state index in [1.165, 1.54) is 30.9 Å². The third kappa shape index (κ3) is 3.12. The average molecular weight is 304 g/mol. The summed E-state index contributed by atoms with van der Waals surface area (Å²) in [6.07, 6.45) is 4.25. The molecule has 1 aliphatic rings. The van der Waals surface area contributed by atoms with Gasteiger partial charge in [-0.25, -0.2) is 4.39 Å². The highest BCUT2D eigenvalue weighted by molar-refractivity contribution is 6.31. The maximum absolute atomic E-state index is 13.9. The van der Waals surface area contributed by atoms with Crippen LogP contribution in [0, 0.1) is 5.82 Å². The molecule has 1 aliphatic carbocycles. The second-order valence-electron chi connectivity index (χ2n) is 5.81. The Balaban J connectivity index is 1.80. The molecule has 3 rings (SSSR count). The predicted octanol–water partition coefficient (Wildman–Crippen LogP) is 4.99. The number of halogens is 2. The largest absolute Gasteiger partial charge is 0.324 e. The Kier molecular flexibility index (Phi) is 4.27. The minimum atomic E-state index is -0.284. The van der Waals surface area contributed by atoms with Gasteiger partial charge in [-0.3, -0.25) is 0 Å². The van der Waals surface area contributed by atoms with Crippen LogP contribution in [0.1, 0.15) is 47.9 Å². The first-order valence-corrected chi connectivity index (χ1v) is 7.81. The normalized spacial score (nSPS) is 16.5. The molecule has 1 fully saturated rings. The van der Waals surface area contributed by atoms with Crippen molar-refractivity contribution in [3.63, 3.8) is 0 Å². The highest BCUT2D eigenvalue weighted by Gasteiger charge is 2.20. The van der Waals surface area contributed by atoms with Crippen molar-refractivity contribution < 1.29 is 4.39 Å². The van der Waals surface area contributed by atoms with Crippen molar-refractivity contribution in [2.24, 2.45) is 5.73 Å². The van der Waals surface area contributed by atoms with Gasteiger partial charge in [0.05, 0.1) is 0 Å². The smallest absolute Gasteiger partial charge is 0.127 e. The number of rotatable bonds is 4. The number of nitrogens with two attached hydrogens (primary N) is 1. The molecule has 1 atom stereocenters. The van der Waals surface area contributed by atoms with E-state index in [-0.39, 0.29) is 11.9 Å². The van der Waals surface area contributed by atoms with Crippen LogP contribution in [0.2, 0.25) is 5.02 Å². The molecular formula is C18H19ClFN. The van der Waals surface area contributed by atoms with Gasteiger partial charge in [-0.2, -0.15) is 0 Å². The van der Waals surface area contributed by atoms with Gasteiger partial charge in [0, 0.05) is 16.6 Å². The van der Waals surface area contributed by atoms with Crippen LogP contribution in [-0.4, -0.2) is 0 Å². The van der Waals surface area contributed by atoms with Gasteiger partial charge < -0.3 is 5.73 Å². The zero-order valence-corrected chi connectivity index (χ0v) is 12.6. The molecule has 1 nitrogen and oxygen atoms in total. The van der Waals surface area contributed by atoms with Gasteiger partial charge in [0.1, 0.15) is 5.82 Å². The molecule has 1 saturated carbocycles. The first-order valence-electron chi connectivity index (χ1n) is 7.43. The van der Waals surface area contributed by atoms with Crippen molar-refractivity contribution in [3.8, 4) is 0 Å². The molecule has 2 aromatic carbocycles. The molecule has 0 radical (unpaired) electrons. The monoisotopic (exact) mass is 303 g/mol. The Labute approximate surface area is 129 Å². The Bertz CT molecular complexity index is 617. The Morgan fingerprint density at radius 1 is 1.19 bits per heavy atom. The van der Waals surface area contributed by atoms with Crippen molar-refractivity contribution in [3.05, 3.63) is 70.0 Å². The van der Waals surface area contributed by atoms with E-state index in [1.807, 2.05) is 12.1 Å². The van der Waals surface area contributed by atoms with E-state index in [0.29, 0.717) is 22.9 Å². The maximum atomic E-state index is 13.9. The summed E-state index contributed by atoms with van der Waals surface area (Å²) in [5.74, 6) is 0.391. The summed E-state index contributed by atoms with van der Waals surface area (Å²) in [4.78, 5) is 0. The molecule has 0 amide bonds. The minimum absolute atomic E-state index is 0.237. The Hall–Kier alpha value is -1.38. The molecule has 2 N–H and O–H groups in total. The maximum Gasteiger partial charge on any atom is 0.127 e. The standard InChI is InChI=1S/C18H19ClFN/c19-16-8-3-9-17(20)15(16)11-18(21)14-7-2-6-13(10-14)12-4-1-5-12/h2-3,6-10,12,18H,1,4-5,11,21H2. The van der Waals surface area contributed by atoms with Gasteiger partial charge in [0.15, 0.2) is 0 Å². The molecule has 0 aromatic heterocycles. The third-order valence-corrected chi connectivity index (χ3v) is 4.76. The summed E-state index contributed by atoms with van der Waals surface area (Å²) >= 11 is 6.08. The lowest BCUT2D eigenvalue weighted by molar-refractivity contribution is 0.419. The number of benzene rings is 2. The Morgan fingerprint density at radius 2 is 1.95 bits per heavy atom. The number of hydrogen-bond acceptors (Lipinski definition) is 1. The average Bonchev–Trinajstić information content (AvgIpc) is 2.41. The van der Waals surface area contributed by atoms with Crippen molar-refractivity contribution in [1.82, 2.24) is 0 Å². The second-order valence-corrected chi connectivity index (χ2v) is 6.22.